The lowest BCUT2D eigenvalue weighted by atomic mass is 10.1. The van der Waals surface area contributed by atoms with E-state index in [0.29, 0.717) is 0 Å². The Morgan fingerprint density at radius 2 is 1.76 bits per heavy atom. The molecule has 21 heavy (non-hydrogen) atoms. The summed E-state index contributed by atoms with van der Waals surface area (Å²) in [5, 5.41) is 4.72. The van der Waals surface area contributed by atoms with Crippen LogP contribution in [0.25, 0.3) is 17.1 Å². The molecule has 108 valence electrons. The second-order valence-corrected chi connectivity index (χ2v) is 4.75. The molecule has 0 saturated heterocycles. The summed E-state index contributed by atoms with van der Waals surface area (Å²) in [5.41, 5.74) is 3.48. The number of benzene rings is 1. The quantitative estimate of drug-likeness (QED) is 0.719. The maximum Gasteiger partial charge on any atom is 0.153 e. The molecule has 2 aromatic heterocycles. The molecule has 0 bridgehead atoms. The fraction of sp³-hybridized carbons (Fsp3) is 0.176. The summed E-state index contributed by atoms with van der Waals surface area (Å²) >= 11 is 0. The lowest BCUT2D eigenvalue weighted by Gasteiger charge is -2.00. The zero-order valence-corrected chi connectivity index (χ0v) is 12.8. The Labute approximate surface area is 131 Å². The fourth-order valence-corrected chi connectivity index (χ4v) is 2.31. The van der Waals surface area contributed by atoms with Gasteiger partial charge in [0.05, 0.1) is 5.69 Å². The van der Waals surface area contributed by atoms with Crippen LogP contribution in [-0.2, 0) is 6.42 Å². The van der Waals surface area contributed by atoms with Crippen molar-refractivity contribution in [2.24, 2.45) is 0 Å². The Morgan fingerprint density at radius 1 is 1.00 bits per heavy atom. The van der Waals surface area contributed by atoms with Crippen molar-refractivity contribution >= 4 is 12.4 Å². The Hall–Kier alpha value is -2.13. The van der Waals surface area contributed by atoms with Crippen molar-refractivity contribution in [2.45, 2.75) is 19.8 Å². The molecule has 3 nitrogen and oxygen atoms in total. The predicted octanol–water partition coefficient (Wildman–Crippen LogP) is 4.31. The summed E-state index contributed by atoms with van der Waals surface area (Å²) in [4.78, 5) is 4.36. The van der Waals surface area contributed by atoms with Crippen molar-refractivity contribution in [2.75, 3.05) is 0 Å². The van der Waals surface area contributed by atoms with Gasteiger partial charge >= 0.3 is 0 Å². The minimum atomic E-state index is 0. The number of nitrogens with zero attached hydrogens (tertiary/aromatic N) is 3. The van der Waals surface area contributed by atoms with Gasteiger partial charge in [-0.15, -0.1) is 12.4 Å². The maximum atomic E-state index is 4.72. The smallest absolute Gasteiger partial charge is 0.153 e. The molecule has 2 heterocycles. The molecule has 0 fully saturated rings. The first kappa shape index (κ1) is 15.3. The van der Waals surface area contributed by atoms with Gasteiger partial charge in [0.25, 0.3) is 0 Å². The summed E-state index contributed by atoms with van der Waals surface area (Å²) < 4.78 is 1.87. The lowest BCUT2D eigenvalue weighted by Crippen LogP contribution is -1.97. The fourth-order valence-electron chi connectivity index (χ4n) is 2.31. The lowest BCUT2D eigenvalue weighted by molar-refractivity contribution is 0.847. The molecule has 0 radical (unpaired) electrons. The third-order valence-corrected chi connectivity index (χ3v) is 3.24. The average Bonchev–Trinajstić information content (AvgIpc) is 2.94. The highest BCUT2D eigenvalue weighted by atomic mass is 35.5. The SMILES string of the molecule is CCCc1cn(-c2ccccn2)nc1-c1ccccc1.Cl. The number of aryl methyl sites for hydroxylation is 1. The van der Waals surface area contributed by atoms with Gasteiger partial charge in [-0.05, 0) is 24.1 Å². The van der Waals surface area contributed by atoms with Gasteiger partial charge in [0.1, 0.15) is 0 Å². The zero-order chi connectivity index (χ0) is 13.8. The van der Waals surface area contributed by atoms with E-state index in [1.165, 1.54) is 5.56 Å². The first-order valence-electron chi connectivity index (χ1n) is 6.94. The van der Waals surface area contributed by atoms with Crippen LogP contribution in [0.1, 0.15) is 18.9 Å². The predicted molar refractivity (Wildman–Crippen MR) is 88.0 cm³/mol. The average molecular weight is 300 g/mol. The molecular weight excluding hydrogens is 282 g/mol. The third kappa shape index (κ3) is 3.31. The van der Waals surface area contributed by atoms with E-state index in [4.69, 9.17) is 5.10 Å². The number of hydrogen-bond acceptors (Lipinski definition) is 2. The van der Waals surface area contributed by atoms with Crippen LogP contribution in [-0.4, -0.2) is 14.8 Å². The second kappa shape index (κ2) is 7.04. The number of halogens is 1. The first-order chi connectivity index (χ1) is 9.88. The molecule has 4 heteroatoms. The van der Waals surface area contributed by atoms with E-state index < -0.39 is 0 Å². The molecule has 0 amide bonds. The van der Waals surface area contributed by atoms with Crippen LogP contribution in [0.3, 0.4) is 0 Å². The van der Waals surface area contributed by atoms with Gasteiger partial charge in [0, 0.05) is 18.0 Å². The molecule has 3 aromatic rings. The number of aromatic nitrogens is 3. The van der Waals surface area contributed by atoms with Crippen LogP contribution in [0, 0.1) is 0 Å². The molecular formula is C17H18ClN3. The second-order valence-electron chi connectivity index (χ2n) is 4.75. The summed E-state index contributed by atoms with van der Waals surface area (Å²) in [6.45, 7) is 2.19. The van der Waals surface area contributed by atoms with Crippen molar-refractivity contribution in [1.29, 1.82) is 0 Å². The van der Waals surface area contributed by atoms with E-state index in [2.05, 4.69) is 30.2 Å². The molecule has 0 atom stereocenters. The van der Waals surface area contributed by atoms with Crippen LogP contribution in [0.5, 0.6) is 0 Å². The number of pyridine rings is 1. The minimum absolute atomic E-state index is 0. The van der Waals surface area contributed by atoms with Crippen molar-refractivity contribution in [3.8, 4) is 17.1 Å². The van der Waals surface area contributed by atoms with Gasteiger partial charge in [-0.3, -0.25) is 0 Å². The highest BCUT2D eigenvalue weighted by Gasteiger charge is 2.11. The molecule has 0 aliphatic rings. The molecule has 0 unspecified atom stereocenters. The van der Waals surface area contributed by atoms with Crippen LogP contribution in [0.2, 0.25) is 0 Å². The topological polar surface area (TPSA) is 30.7 Å². The van der Waals surface area contributed by atoms with Crippen molar-refractivity contribution in [3.05, 3.63) is 66.5 Å². The number of hydrogen-bond donors (Lipinski definition) is 0. The first-order valence-corrected chi connectivity index (χ1v) is 6.94. The largest absolute Gasteiger partial charge is 0.237 e. The van der Waals surface area contributed by atoms with E-state index >= 15 is 0 Å². The van der Waals surface area contributed by atoms with Crippen molar-refractivity contribution in [3.63, 3.8) is 0 Å². The molecule has 0 aliphatic carbocycles. The molecule has 0 aliphatic heterocycles. The summed E-state index contributed by atoms with van der Waals surface area (Å²) in [7, 11) is 0. The van der Waals surface area contributed by atoms with E-state index in [0.717, 1.165) is 29.9 Å². The van der Waals surface area contributed by atoms with Gasteiger partial charge in [0.15, 0.2) is 5.82 Å². The van der Waals surface area contributed by atoms with Gasteiger partial charge in [-0.25, -0.2) is 9.67 Å². The Bertz CT molecular complexity index is 678. The Balaban J connectivity index is 0.00000161. The molecule has 1 aromatic carbocycles. The van der Waals surface area contributed by atoms with E-state index in [1.807, 2.05) is 41.1 Å². The highest BCUT2D eigenvalue weighted by Crippen LogP contribution is 2.24. The monoisotopic (exact) mass is 299 g/mol. The van der Waals surface area contributed by atoms with Crippen LogP contribution in [0.15, 0.2) is 60.9 Å². The maximum absolute atomic E-state index is 4.72. The summed E-state index contributed by atoms with van der Waals surface area (Å²) in [5.74, 6) is 0.854. The minimum Gasteiger partial charge on any atom is -0.237 e. The molecule has 0 spiro atoms. The highest BCUT2D eigenvalue weighted by molar-refractivity contribution is 5.85. The Kier molecular flexibility index (Phi) is 5.12. The molecule has 0 saturated carbocycles. The van der Waals surface area contributed by atoms with Gasteiger partial charge in [-0.1, -0.05) is 49.7 Å². The van der Waals surface area contributed by atoms with Gasteiger partial charge in [0.2, 0.25) is 0 Å². The van der Waals surface area contributed by atoms with Crippen LogP contribution in [0.4, 0.5) is 0 Å². The van der Waals surface area contributed by atoms with Crippen molar-refractivity contribution < 1.29 is 0 Å². The third-order valence-electron chi connectivity index (χ3n) is 3.24. The van der Waals surface area contributed by atoms with Crippen molar-refractivity contribution in [1.82, 2.24) is 14.8 Å². The standard InChI is InChI=1S/C17H17N3.ClH/c1-2-8-15-13-20(16-11-6-7-12-18-16)19-17(15)14-9-4-3-5-10-14;/h3-7,9-13H,2,8H2,1H3;1H. The molecule has 3 rings (SSSR count). The Morgan fingerprint density at radius 3 is 2.43 bits per heavy atom. The normalized spacial score (nSPS) is 10.1. The van der Waals surface area contributed by atoms with E-state index in [9.17, 15) is 0 Å². The van der Waals surface area contributed by atoms with Crippen LogP contribution < -0.4 is 0 Å². The molecule has 0 N–H and O–H groups in total. The number of rotatable bonds is 4. The van der Waals surface area contributed by atoms with E-state index in [1.54, 1.807) is 6.20 Å². The van der Waals surface area contributed by atoms with E-state index in [-0.39, 0.29) is 12.4 Å². The van der Waals surface area contributed by atoms with Gasteiger partial charge in [-0.2, -0.15) is 5.10 Å². The summed E-state index contributed by atoms with van der Waals surface area (Å²) in [6.07, 6.45) is 6.01. The zero-order valence-electron chi connectivity index (χ0n) is 11.9. The van der Waals surface area contributed by atoms with Crippen LogP contribution >= 0.6 is 12.4 Å². The summed E-state index contributed by atoms with van der Waals surface area (Å²) in [6, 6.07) is 16.2. The van der Waals surface area contributed by atoms with Gasteiger partial charge < -0.3 is 0 Å².